The molecule has 0 aliphatic rings. The first-order valence-corrected chi connectivity index (χ1v) is 5.86. The molecule has 1 heterocycles. The molecule has 0 radical (unpaired) electrons. The Balaban J connectivity index is 2.35. The maximum Gasteiger partial charge on any atom is 0.0293 e. The predicted molar refractivity (Wildman–Crippen MR) is 59.0 cm³/mol. The van der Waals surface area contributed by atoms with E-state index in [4.69, 9.17) is 0 Å². The molecular formula is C10H16N2S. The van der Waals surface area contributed by atoms with Crippen LogP contribution in [0.15, 0.2) is 24.5 Å². The fourth-order valence-corrected chi connectivity index (χ4v) is 1.47. The third kappa shape index (κ3) is 3.79. The number of pyridine rings is 1. The van der Waals surface area contributed by atoms with Gasteiger partial charge in [-0.25, -0.2) is 0 Å². The van der Waals surface area contributed by atoms with Crippen LogP contribution >= 0.6 is 11.8 Å². The van der Waals surface area contributed by atoms with E-state index in [-0.39, 0.29) is 0 Å². The third-order valence-corrected chi connectivity index (χ3v) is 2.58. The fraction of sp³-hybridized carbons (Fsp3) is 0.500. The quantitative estimate of drug-likeness (QED) is 0.730. The summed E-state index contributed by atoms with van der Waals surface area (Å²) < 4.78 is 0. The van der Waals surface area contributed by atoms with E-state index in [2.05, 4.69) is 35.6 Å². The monoisotopic (exact) mass is 196 g/mol. The minimum absolute atomic E-state index is 0.426. The van der Waals surface area contributed by atoms with Gasteiger partial charge in [0.05, 0.1) is 0 Å². The highest BCUT2D eigenvalue weighted by atomic mass is 32.2. The van der Waals surface area contributed by atoms with Gasteiger partial charge in [0.25, 0.3) is 0 Å². The summed E-state index contributed by atoms with van der Waals surface area (Å²) in [6, 6.07) is 4.53. The van der Waals surface area contributed by atoms with Crippen molar-refractivity contribution in [3.05, 3.63) is 30.1 Å². The molecule has 0 fully saturated rings. The number of aromatic nitrogens is 1. The van der Waals surface area contributed by atoms with Gasteiger partial charge in [0.15, 0.2) is 0 Å². The Morgan fingerprint density at radius 2 is 2.15 bits per heavy atom. The highest BCUT2D eigenvalue weighted by molar-refractivity contribution is 7.98. The average molecular weight is 196 g/mol. The Kier molecular flexibility index (Phi) is 4.86. The summed E-state index contributed by atoms with van der Waals surface area (Å²) in [5.41, 5.74) is 1.30. The molecule has 0 amide bonds. The molecule has 0 saturated heterocycles. The van der Waals surface area contributed by atoms with Gasteiger partial charge in [-0.1, -0.05) is 0 Å². The maximum atomic E-state index is 3.99. The molecule has 13 heavy (non-hydrogen) atoms. The topological polar surface area (TPSA) is 24.9 Å². The van der Waals surface area contributed by atoms with Crippen LogP contribution in [0.2, 0.25) is 0 Å². The lowest BCUT2D eigenvalue weighted by molar-refractivity contribution is 0.601. The van der Waals surface area contributed by atoms with Crippen molar-refractivity contribution in [2.75, 3.05) is 18.6 Å². The summed E-state index contributed by atoms with van der Waals surface area (Å²) in [4.78, 5) is 3.99. The van der Waals surface area contributed by atoms with Crippen molar-refractivity contribution < 1.29 is 0 Å². The molecule has 0 aliphatic heterocycles. The number of hydrogen-bond acceptors (Lipinski definition) is 3. The van der Waals surface area contributed by atoms with Gasteiger partial charge in [-0.15, -0.1) is 0 Å². The molecular weight excluding hydrogens is 180 g/mol. The molecule has 0 bridgehead atoms. The summed E-state index contributed by atoms with van der Waals surface area (Å²) in [5.74, 6) is 1.16. The van der Waals surface area contributed by atoms with E-state index in [1.165, 1.54) is 5.56 Å². The first kappa shape index (κ1) is 10.5. The van der Waals surface area contributed by atoms with Crippen LogP contribution in [0, 0.1) is 0 Å². The van der Waals surface area contributed by atoms with Gasteiger partial charge in [-0.2, -0.15) is 11.8 Å². The average Bonchev–Trinajstić information content (AvgIpc) is 2.19. The van der Waals surface area contributed by atoms with E-state index in [1.807, 2.05) is 24.2 Å². The van der Waals surface area contributed by atoms with Crippen molar-refractivity contribution in [1.29, 1.82) is 0 Å². The van der Waals surface area contributed by atoms with Crippen molar-refractivity contribution in [3.8, 4) is 0 Å². The van der Waals surface area contributed by atoms with Gasteiger partial charge in [0.2, 0.25) is 0 Å². The van der Waals surface area contributed by atoms with Crippen molar-refractivity contribution in [3.63, 3.8) is 0 Å². The molecule has 3 heteroatoms. The highest BCUT2D eigenvalue weighted by Crippen LogP contribution is 2.09. The Morgan fingerprint density at radius 1 is 1.46 bits per heavy atom. The summed E-state index contributed by atoms with van der Waals surface area (Å²) in [6.07, 6.45) is 5.79. The number of nitrogens with zero attached hydrogens (tertiary/aromatic N) is 1. The van der Waals surface area contributed by atoms with E-state index in [0.717, 1.165) is 12.3 Å². The molecule has 1 aromatic heterocycles. The fourth-order valence-electron chi connectivity index (χ4n) is 1.15. The van der Waals surface area contributed by atoms with Crippen LogP contribution in [0.4, 0.5) is 0 Å². The molecule has 0 aliphatic carbocycles. The van der Waals surface area contributed by atoms with Gasteiger partial charge >= 0.3 is 0 Å². The maximum absolute atomic E-state index is 3.99. The number of thioether (sulfide) groups is 1. The second kappa shape index (κ2) is 6.00. The molecule has 0 unspecified atom stereocenters. The van der Waals surface area contributed by atoms with Crippen LogP contribution in [-0.2, 0) is 0 Å². The molecule has 0 aromatic carbocycles. The largest absolute Gasteiger partial charge is 0.309 e. The Hall–Kier alpha value is -0.540. The number of nitrogens with one attached hydrogen (secondary N) is 1. The van der Waals surface area contributed by atoms with Crippen LogP contribution < -0.4 is 5.32 Å². The predicted octanol–water partition coefficient (Wildman–Crippen LogP) is 2.10. The molecule has 1 atom stereocenters. The van der Waals surface area contributed by atoms with Crippen molar-refractivity contribution >= 4 is 11.8 Å². The van der Waals surface area contributed by atoms with Crippen LogP contribution in [0.1, 0.15) is 18.5 Å². The molecule has 72 valence electrons. The lowest BCUT2D eigenvalue weighted by atomic mass is 10.1. The van der Waals surface area contributed by atoms with Crippen molar-refractivity contribution in [1.82, 2.24) is 10.3 Å². The van der Waals surface area contributed by atoms with E-state index in [1.54, 1.807) is 0 Å². The lowest BCUT2D eigenvalue weighted by Gasteiger charge is -2.12. The SMILES string of the molecule is CSCCN[C@@H](C)c1ccncc1. The molecule has 1 aromatic rings. The normalized spacial score (nSPS) is 12.8. The van der Waals surface area contributed by atoms with E-state index < -0.39 is 0 Å². The zero-order valence-corrected chi connectivity index (χ0v) is 8.97. The summed E-state index contributed by atoms with van der Waals surface area (Å²) in [6.45, 7) is 3.24. The first-order valence-electron chi connectivity index (χ1n) is 4.47. The molecule has 2 nitrogen and oxygen atoms in total. The van der Waals surface area contributed by atoms with Gasteiger partial charge in [-0.05, 0) is 30.9 Å². The highest BCUT2D eigenvalue weighted by Gasteiger charge is 2.01. The number of rotatable bonds is 5. The number of hydrogen-bond donors (Lipinski definition) is 1. The summed E-state index contributed by atoms with van der Waals surface area (Å²) in [5, 5.41) is 3.45. The second-order valence-electron chi connectivity index (χ2n) is 2.95. The second-order valence-corrected chi connectivity index (χ2v) is 3.93. The standard InChI is InChI=1S/C10H16N2S/c1-9(12-7-8-13-2)10-3-5-11-6-4-10/h3-6,9,12H,7-8H2,1-2H3/t9-/m0/s1. The Bertz CT molecular complexity index is 226. The van der Waals surface area contributed by atoms with Crippen LogP contribution in [0.25, 0.3) is 0 Å². The first-order chi connectivity index (χ1) is 6.34. The minimum Gasteiger partial charge on any atom is -0.309 e. The van der Waals surface area contributed by atoms with E-state index >= 15 is 0 Å². The lowest BCUT2D eigenvalue weighted by Crippen LogP contribution is -2.21. The van der Waals surface area contributed by atoms with Crippen LogP contribution in [-0.4, -0.2) is 23.5 Å². The zero-order chi connectivity index (χ0) is 9.52. The van der Waals surface area contributed by atoms with Gasteiger partial charge in [-0.3, -0.25) is 4.98 Å². The van der Waals surface area contributed by atoms with Crippen molar-refractivity contribution in [2.45, 2.75) is 13.0 Å². The van der Waals surface area contributed by atoms with Gasteiger partial charge in [0.1, 0.15) is 0 Å². The zero-order valence-electron chi connectivity index (χ0n) is 8.16. The molecule has 0 spiro atoms. The molecule has 1 N–H and O–H groups in total. The Labute approximate surface area is 84.1 Å². The molecule has 1 rings (SSSR count). The van der Waals surface area contributed by atoms with E-state index in [9.17, 15) is 0 Å². The smallest absolute Gasteiger partial charge is 0.0293 e. The third-order valence-electron chi connectivity index (χ3n) is 1.96. The van der Waals surface area contributed by atoms with Crippen LogP contribution in [0.5, 0.6) is 0 Å². The van der Waals surface area contributed by atoms with Gasteiger partial charge < -0.3 is 5.32 Å². The summed E-state index contributed by atoms with van der Waals surface area (Å²) >= 11 is 1.86. The van der Waals surface area contributed by atoms with Crippen molar-refractivity contribution in [2.24, 2.45) is 0 Å². The van der Waals surface area contributed by atoms with E-state index in [0.29, 0.717) is 6.04 Å². The Morgan fingerprint density at radius 3 is 2.77 bits per heavy atom. The molecule has 0 saturated carbocycles. The minimum atomic E-state index is 0.426. The van der Waals surface area contributed by atoms with Gasteiger partial charge in [0, 0.05) is 30.7 Å². The van der Waals surface area contributed by atoms with Crippen LogP contribution in [0.3, 0.4) is 0 Å². The summed E-state index contributed by atoms with van der Waals surface area (Å²) in [7, 11) is 0.